The fourth-order valence-corrected chi connectivity index (χ4v) is 3.89. The lowest BCUT2D eigenvalue weighted by Gasteiger charge is -2.35. The molecule has 1 aromatic carbocycles. The zero-order valence-corrected chi connectivity index (χ0v) is 13.5. The second kappa shape index (κ2) is 6.77. The Morgan fingerprint density at radius 2 is 2.00 bits per heavy atom. The predicted octanol–water partition coefficient (Wildman–Crippen LogP) is -1.99. The summed E-state index contributed by atoms with van der Waals surface area (Å²) in [5, 5.41) is 2.47. The number of rotatable bonds is 4. The highest BCUT2D eigenvalue weighted by Gasteiger charge is 2.35. The molecule has 116 valence electrons. The number of quaternary nitrogens is 3. The highest BCUT2D eigenvalue weighted by atomic mass is 16.5. The number of fused-ring (bicyclic) bond motifs is 1. The van der Waals surface area contributed by atoms with E-state index in [0.717, 1.165) is 18.9 Å². The molecule has 2 aliphatic rings. The van der Waals surface area contributed by atoms with Crippen LogP contribution in [0.2, 0.25) is 0 Å². The molecule has 0 spiro atoms. The van der Waals surface area contributed by atoms with E-state index < -0.39 is 0 Å². The third kappa shape index (κ3) is 3.23. The molecule has 1 fully saturated rings. The molecule has 0 saturated carbocycles. The Hall–Kier alpha value is -1.10. The number of nitrogens with one attached hydrogen (secondary N) is 2. The van der Waals surface area contributed by atoms with Gasteiger partial charge in [0, 0.05) is 11.1 Å². The van der Waals surface area contributed by atoms with Crippen molar-refractivity contribution in [2.75, 3.05) is 45.9 Å². The van der Waals surface area contributed by atoms with E-state index in [1.165, 1.54) is 44.8 Å². The van der Waals surface area contributed by atoms with Gasteiger partial charge >= 0.3 is 0 Å². The molecule has 4 heteroatoms. The fourth-order valence-electron chi connectivity index (χ4n) is 3.89. The highest BCUT2D eigenvalue weighted by molar-refractivity contribution is 5.37. The monoisotopic (exact) mass is 292 g/mol. The molecule has 4 N–H and O–H groups in total. The zero-order chi connectivity index (χ0) is 14.7. The summed E-state index contributed by atoms with van der Waals surface area (Å²) in [5.41, 5.74) is 3.05. The molecule has 3 rings (SSSR count). The zero-order valence-electron chi connectivity index (χ0n) is 13.5. The Bertz CT molecular complexity index is 469. The maximum atomic E-state index is 5.72. The number of nitrogens with two attached hydrogens (primary N) is 1. The molecule has 0 bridgehead atoms. The number of piperazine rings is 1. The van der Waals surface area contributed by atoms with Gasteiger partial charge in [0.1, 0.15) is 45.0 Å². The van der Waals surface area contributed by atoms with Gasteiger partial charge in [0.15, 0.2) is 6.04 Å². The predicted molar refractivity (Wildman–Crippen MR) is 82.8 cm³/mol. The van der Waals surface area contributed by atoms with Crippen LogP contribution >= 0.6 is 0 Å². The molecule has 1 atom stereocenters. The average molecular weight is 292 g/mol. The summed E-state index contributed by atoms with van der Waals surface area (Å²) >= 11 is 0. The third-order valence-corrected chi connectivity index (χ3v) is 5.16. The lowest BCUT2D eigenvalue weighted by molar-refractivity contribution is -1.03. The summed E-state index contributed by atoms with van der Waals surface area (Å²) in [7, 11) is 0. The smallest absolute Gasteiger partial charge is 0.164 e. The summed E-state index contributed by atoms with van der Waals surface area (Å²) in [5.74, 6) is 1.04. The minimum Gasteiger partial charge on any atom is -0.494 e. The van der Waals surface area contributed by atoms with Crippen LogP contribution in [0.1, 0.15) is 31.0 Å². The molecule has 1 aromatic rings. The normalized spacial score (nSPS) is 29.0. The maximum absolute atomic E-state index is 5.72. The van der Waals surface area contributed by atoms with Crippen molar-refractivity contribution in [2.45, 2.75) is 26.4 Å². The van der Waals surface area contributed by atoms with Gasteiger partial charge in [-0.1, -0.05) is 0 Å². The van der Waals surface area contributed by atoms with E-state index in [9.17, 15) is 0 Å². The number of likely N-dealkylation sites (N-methyl/N-ethyl adjacent to an activating group) is 1. The van der Waals surface area contributed by atoms with Gasteiger partial charge in [-0.15, -0.1) is 0 Å². The Balaban J connectivity index is 1.77. The van der Waals surface area contributed by atoms with Crippen LogP contribution in [0.3, 0.4) is 0 Å². The van der Waals surface area contributed by atoms with Gasteiger partial charge in [-0.2, -0.15) is 0 Å². The number of hydrogen-bond acceptors (Lipinski definition) is 1. The van der Waals surface area contributed by atoms with E-state index in [-0.39, 0.29) is 0 Å². The van der Waals surface area contributed by atoms with E-state index in [1.807, 2.05) is 0 Å². The maximum Gasteiger partial charge on any atom is 0.164 e. The Morgan fingerprint density at radius 1 is 1.19 bits per heavy atom. The minimum absolute atomic E-state index is 0.646. The largest absolute Gasteiger partial charge is 0.494 e. The van der Waals surface area contributed by atoms with Crippen LogP contribution < -0.4 is 19.9 Å². The van der Waals surface area contributed by atoms with Crippen LogP contribution in [0.5, 0.6) is 5.75 Å². The molecular formula is C17H30N3O+3. The first-order chi connectivity index (χ1) is 10.3. The molecule has 21 heavy (non-hydrogen) atoms. The van der Waals surface area contributed by atoms with Crippen LogP contribution in [0.4, 0.5) is 0 Å². The van der Waals surface area contributed by atoms with Crippen molar-refractivity contribution in [3.8, 4) is 5.75 Å². The number of hydrogen-bond donors (Lipinski definition) is 3. The van der Waals surface area contributed by atoms with E-state index in [4.69, 9.17) is 4.74 Å². The first kappa shape index (κ1) is 14.8. The molecule has 0 radical (unpaired) electrons. The molecule has 1 saturated heterocycles. The quantitative estimate of drug-likeness (QED) is 0.590. The molecule has 0 unspecified atom stereocenters. The summed E-state index contributed by atoms with van der Waals surface area (Å²) in [6.45, 7) is 14.0. The van der Waals surface area contributed by atoms with Gasteiger partial charge in [0.05, 0.1) is 13.2 Å². The SMILES string of the molecule is CCOc1ccc2c(c1)[C@@H]([NH+]1CC[NH+](CC)CC1)C[NH2+]C2. The number of ether oxygens (including phenoxy) is 1. The molecule has 2 aliphatic heterocycles. The summed E-state index contributed by atoms with van der Waals surface area (Å²) in [6, 6.07) is 7.36. The van der Waals surface area contributed by atoms with Gasteiger partial charge in [0.25, 0.3) is 0 Å². The van der Waals surface area contributed by atoms with Crippen LogP contribution in [-0.4, -0.2) is 45.9 Å². The Kier molecular flexibility index (Phi) is 4.78. The molecule has 0 aromatic heterocycles. The second-order valence-corrected chi connectivity index (χ2v) is 6.34. The topological polar surface area (TPSA) is 34.7 Å². The van der Waals surface area contributed by atoms with Crippen LogP contribution in [0.15, 0.2) is 18.2 Å². The third-order valence-electron chi connectivity index (χ3n) is 5.16. The van der Waals surface area contributed by atoms with Crippen molar-refractivity contribution in [3.63, 3.8) is 0 Å². The van der Waals surface area contributed by atoms with Crippen molar-refractivity contribution in [2.24, 2.45) is 0 Å². The minimum atomic E-state index is 0.646. The van der Waals surface area contributed by atoms with E-state index >= 15 is 0 Å². The Labute approximate surface area is 128 Å². The van der Waals surface area contributed by atoms with E-state index in [0.29, 0.717) is 6.04 Å². The van der Waals surface area contributed by atoms with Crippen molar-refractivity contribution in [3.05, 3.63) is 29.3 Å². The van der Waals surface area contributed by atoms with Crippen molar-refractivity contribution >= 4 is 0 Å². The first-order valence-electron chi connectivity index (χ1n) is 8.57. The lowest BCUT2D eigenvalue weighted by atomic mass is 9.94. The highest BCUT2D eigenvalue weighted by Crippen LogP contribution is 2.23. The average Bonchev–Trinajstić information content (AvgIpc) is 2.55. The van der Waals surface area contributed by atoms with Gasteiger partial charge in [-0.3, -0.25) is 0 Å². The van der Waals surface area contributed by atoms with Crippen molar-refractivity contribution in [1.82, 2.24) is 0 Å². The van der Waals surface area contributed by atoms with Crippen LogP contribution in [-0.2, 0) is 6.54 Å². The standard InChI is InChI=1S/C17H27N3O/c1-3-19-7-9-20(10-8-19)17-13-18-12-14-5-6-15(21-4-2)11-16(14)17/h5-6,11,17-18H,3-4,7-10,12-13H2,1-2H3/p+3/t17-/m0/s1. The number of benzene rings is 1. The van der Waals surface area contributed by atoms with E-state index in [1.54, 1.807) is 15.4 Å². The lowest BCUT2D eigenvalue weighted by Crippen LogP contribution is -3.28. The molecule has 2 heterocycles. The van der Waals surface area contributed by atoms with Gasteiger partial charge in [-0.05, 0) is 32.0 Å². The second-order valence-electron chi connectivity index (χ2n) is 6.34. The van der Waals surface area contributed by atoms with Gasteiger partial charge in [0.2, 0.25) is 0 Å². The van der Waals surface area contributed by atoms with Crippen LogP contribution in [0, 0.1) is 0 Å². The summed E-state index contributed by atoms with van der Waals surface area (Å²) in [6.07, 6.45) is 0. The Morgan fingerprint density at radius 3 is 2.71 bits per heavy atom. The van der Waals surface area contributed by atoms with Crippen LogP contribution in [0.25, 0.3) is 0 Å². The summed E-state index contributed by atoms with van der Waals surface area (Å²) in [4.78, 5) is 3.54. The molecule has 4 nitrogen and oxygen atoms in total. The summed E-state index contributed by atoms with van der Waals surface area (Å²) < 4.78 is 5.72. The van der Waals surface area contributed by atoms with Gasteiger partial charge in [-0.25, -0.2) is 0 Å². The van der Waals surface area contributed by atoms with Gasteiger partial charge < -0.3 is 19.9 Å². The van der Waals surface area contributed by atoms with Crippen molar-refractivity contribution in [1.29, 1.82) is 0 Å². The van der Waals surface area contributed by atoms with E-state index in [2.05, 4.69) is 37.4 Å². The molecular weight excluding hydrogens is 262 g/mol. The van der Waals surface area contributed by atoms with Crippen molar-refractivity contribution < 1.29 is 19.9 Å². The fraction of sp³-hybridized carbons (Fsp3) is 0.647. The molecule has 0 aliphatic carbocycles. The molecule has 0 amide bonds. The first-order valence-corrected chi connectivity index (χ1v) is 8.57.